The number of rotatable bonds is 8. The van der Waals surface area contributed by atoms with E-state index in [1.165, 1.54) is 16.8 Å². The number of aromatic nitrogens is 2. The zero-order valence-electron chi connectivity index (χ0n) is 17.7. The Morgan fingerprint density at radius 1 is 1.21 bits per heavy atom. The summed E-state index contributed by atoms with van der Waals surface area (Å²) >= 11 is 0. The van der Waals surface area contributed by atoms with E-state index in [0.29, 0.717) is 5.92 Å². The first-order valence-corrected chi connectivity index (χ1v) is 10.9. The number of benzene rings is 1. The number of amides is 1. The molecule has 2 fully saturated rings. The van der Waals surface area contributed by atoms with Crippen LogP contribution < -0.4 is 10.2 Å². The van der Waals surface area contributed by atoms with Crippen molar-refractivity contribution < 1.29 is 4.79 Å². The lowest BCUT2D eigenvalue weighted by atomic mass is 10.2. The van der Waals surface area contributed by atoms with E-state index < -0.39 is 0 Å². The maximum atomic E-state index is 12.3. The van der Waals surface area contributed by atoms with Gasteiger partial charge in [-0.05, 0) is 61.9 Å². The number of piperazine rings is 1. The molecule has 1 saturated heterocycles. The summed E-state index contributed by atoms with van der Waals surface area (Å²) in [7, 11) is 1.92. The molecule has 0 spiro atoms. The van der Waals surface area contributed by atoms with Crippen molar-refractivity contribution in [1.29, 1.82) is 0 Å². The van der Waals surface area contributed by atoms with Crippen LogP contribution in [-0.2, 0) is 11.8 Å². The van der Waals surface area contributed by atoms with Gasteiger partial charge < -0.3 is 10.2 Å². The number of carbonyl (C=O) groups excluding carboxylic acids is 1. The predicted octanol–water partition coefficient (Wildman–Crippen LogP) is 2.55. The topological polar surface area (TPSA) is 53.4 Å². The van der Waals surface area contributed by atoms with Gasteiger partial charge in [-0.1, -0.05) is 12.1 Å². The Kier molecular flexibility index (Phi) is 6.19. The van der Waals surface area contributed by atoms with E-state index in [-0.39, 0.29) is 11.8 Å². The minimum Gasteiger partial charge on any atom is -0.369 e. The zero-order chi connectivity index (χ0) is 20.2. The van der Waals surface area contributed by atoms with Crippen molar-refractivity contribution in [2.24, 2.45) is 13.0 Å². The van der Waals surface area contributed by atoms with Gasteiger partial charge in [0.15, 0.2) is 0 Å². The lowest BCUT2D eigenvalue weighted by Gasteiger charge is -2.36. The summed E-state index contributed by atoms with van der Waals surface area (Å²) in [4.78, 5) is 17.3. The monoisotopic (exact) mass is 395 g/mol. The highest BCUT2D eigenvalue weighted by Crippen LogP contribution is 2.47. The Morgan fingerprint density at radius 2 is 2.03 bits per heavy atom. The van der Waals surface area contributed by atoms with Gasteiger partial charge in [0.25, 0.3) is 0 Å². The molecule has 2 unspecified atom stereocenters. The van der Waals surface area contributed by atoms with Crippen LogP contribution >= 0.6 is 0 Å². The molecule has 1 aromatic heterocycles. The van der Waals surface area contributed by atoms with Crippen molar-refractivity contribution in [1.82, 2.24) is 20.0 Å². The molecular formula is C23H33N5O. The molecule has 2 atom stereocenters. The van der Waals surface area contributed by atoms with Crippen LogP contribution in [0.3, 0.4) is 0 Å². The standard InChI is InChI=1S/C23H33N5O/c1-18-6-5-7-20(14-18)28-12-10-27(11-13-28)9-4-3-8-24-23(29)22-15-21(22)19-16-25-26(2)17-19/h5-7,14,16-17,21-22H,3-4,8-13,15H2,1-2H3,(H,24,29). The normalized spacial score (nSPS) is 21.9. The Morgan fingerprint density at radius 3 is 2.76 bits per heavy atom. The Balaban J connectivity index is 1.08. The van der Waals surface area contributed by atoms with E-state index in [2.05, 4.69) is 51.4 Å². The van der Waals surface area contributed by atoms with Crippen molar-refractivity contribution in [2.75, 3.05) is 44.2 Å². The summed E-state index contributed by atoms with van der Waals surface area (Å²) < 4.78 is 1.81. The number of hydrogen-bond donors (Lipinski definition) is 1. The largest absolute Gasteiger partial charge is 0.369 e. The smallest absolute Gasteiger partial charge is 0.223 e. The third kappa shape index (κ3) is 5.18. The molecule has 29 heavy (non-hydrogen) atoms. The molecule has 1 amide bonds. The molecule has 4 rings (SSSR count). The molecule has 1 N–H and O–H groups in total. The molecule has 0 radical (unpaired) electrons. The predicted molar refractivity (Wildman–Crippen MR) is 116 cm³/mol. The summed E-state index contributed by atoms with van der Waals surface area (Å²) in [5, 5.41) is 7.34. The second-order valence-electron chi connectivity index (χ2n) is 8.56. The van der Waals surface area contributed by atoms with Gasteiger partial charge in [-0.3, -0.25) is 14.4 Å². The van der Waals surface area contributed by atoms with Gasteiger partial charge >= 0.3 is 0 Å². The van der Waals surface area contributed by atoms with Crippen LogP contribution in [0.25, 0.3) is 0 Å². The maximum Gasteiger partial charge on any atom is 0.223 e. The summed E-state index contributed by atoms with van der Waals surface area (Å²) in [6, 6.07) is 8.79. The second-order valence-corrected chi connectivity index (χ2v) is 8.56. The molecule has 1 saturated carbocycles. The van der Waals surface area contributed by atoms with E-state index in [9.17, 15) is 4.79 Å². The van der Waals surface area contributed by atoms with Gasteiger partial charge in [-0.25, -0.2) is 0 Å². The molecule has 156 valence electrons. The van der Waals surface area contributed by atoms with Crippen molar-refractivity contribution in [3.05, 3.63) is 47.8 Å². The molecular weight excluding hydrogens is 362 g/mol. The first kappa shape index (κ1) is 20.0. The highest BCUT2D eigenvalue weighted by molar-refractivity contribution is 5.82. The third-order valence-corrected chi connectivity index (χ3v) is 6.22. The first-order chi connectivity index (χ1) is 14.1. The van der Waals surface area contributed by atoms with Crippen molar-refractivity contribution in [3.63, 3.8) is 0 Å². The van der Waals surface area contributed by atoms with Crippen LogP contribution in [0.4, 0.5) is 5.69 Å². The number of anilines is 1. The zero-order valence-corrected chi connectivity index (χ0v) is 17.7. The van der Waals surface area contributed by atoms with Gasteiger partial charge in [-0.15, -0.1) is 0 Å². The van der Waals surface area contributed by atoms with Gasteiger partial charge in [-0.2, -0.15) is 5.10 Å². The lowest BCUT2D eigenvalue weighted by Crippen LogP contribution is -2.46. The average molecular weight is 396 g/mol. The molecule has 1 aromatic carbocycles. The molecule has 2 heterocycles. The van der Waals surface area contributed by atoms with Crippen LogP contribution in [0.2, 0.25) is 0 Å². The Labute approximate surface area is 173 Å². The SMILES string of the molecule is Cc1cccc(N2CCN(CCCCNC(=O)C3CC3c3cnn(C)c3)CC2)c1. The van der Waals surface area contributed by atoms with Crippen LogP contribution in [0.15, 0.2) is 36.7 Å². The van der Waals surface area contributed by atoms with Crippen molar-refractivity contribution in [2.45, 2.75) is 32.1 Å². The summed E-state index contributed by atoms with van der Waals surface area (Å²) in [6.07, 6.45) is 7.06. The average Bonchev–Trinajstić information content (AvgIpc) is 3.42. The quantitative estimate of drug-likeness (QED) is 0.698. The lowest BCUT2D eigenvalue weighted by molar-refractivity contribution is -0.122. The number of nitrogens with zero attached hydrogens (tertiary/aromatic N) is 4. The van der Waals surface area contributed by atoms with E-state index in [0.717, 1.165) is 58.5 Å². The number of hydrogen-bond acceptors (Lipinski definition) is 4. The molecule has 6 nitrogen and oxygen atoms in total. The highest BCUT2D eigenvalue weighted by atomic mass is 16.2. The van der Waals surface area contributed by atoms with Crippen LogP contribution in [0.1, 0.15) is 36.3 Å². The summed E-state index contributed by atoms with van der Waals surface area (Å²) in [5.41, 5.74) is 3.86. The molecule has 1 aliphatic carbocycles. The van der Waals surface area contributed by atoms with Gasteiger partial charge in [0, 0.05) is 57.6 Å². The molecule has 2 aliphatic rings. The van der Waals surface area contributed by atoms with Gasteiger partial charge in [0.1, 0.15) is 0 Å². The summed E-state index contributed by atoms with van der Waals surface area (Å²) in [5.74, 6) is 0.730. The second kappa shape index (κ2) is 8.99. The molecule has 0 bridgehead atoms. The Bertz CT molecular complexity index is 824. The number of carbonyl (C=O) groups is 1. The van der Waals surface area contributed by atoms with Crippen LogP contribution in [0.5, 0.6) is 0 Å². The van der Waals surface area contributed by atoms with Crippen LogP contribution in [0, 0.1) is 12.8 Å². The van der Waals surface area contributed by atoms with Gasteiger partial charge in [0.2, 0.25) is 5.91 Å². The van der Waals surface area contributed by atoms with Crippen molar-refractivity contribution in [3.8, 4) is 0 Å². The van der Waals surface area contributed by atoms with E-state index >= 15 is 0 Å². The van der Waals surface area contributed by atoms with Crippen LogP contribution in [-0.4, -0.2) is 59.9 Å². The minimum atomic E-state index is 0.147. The number of unbranched alkanes of at least 4 members (excludes halogenated alkanes) is 1. The van der Waals surface area contributed by atoms with E-state index in [1.54, 1.807) is 0 Å². The van der Waals surface area contributed by atoms with E-state index in [1.807, 2.05) is 24.1 Å². The van der Waals surface area contributed by atoms with Gasteiger partial charge in [0.05, 0.1) is 6.20 Å². The third-order valence-electron chi connectivity index (χ3n) is 6.22. The fourth-order valence-electron chi connectivity index (χ4n) is 4.34. The van der Waals surface area contributed by atoms with Crippen molar-refractivity contribution >= 4 is 11.6 Å². The molecule has 2 aromatic rings. The molecule has 1 aliphatic heterocycles. The fraction of sp³-hybridized carbons (Fsp3) is 0.565. The fourth-order valence-corrected chi connectivity index (χ4v) is 4.34. The number of aryl methyl sites for hydroxylation is 2. The maximum absolute atomic E-state index is 12.3. The minimum absolute atomic E-state index is 0.147. The van der Waals surface area contributed by atoms with E-state index in [4.69, 9.17) is 0 Å². The first-order valence-electron chi connectivity index (χ1n) is 10.9. The number of nitrogens with one attached hydrogen (secondary N) is 1. The summed E-state index contributed by atoms with van der Waals surface area (Å²) in [6.45, 7) is 8.50. The Hall–Kier alpha value is -2.34. The highest BCUT2D eigenvalue weighted by Gasteiger charge is 2.44. The molecule has 6 heteroatoms.